The van der Waals surface area contributed by atoms with Gasteiger partial charge in [-0.15, -0.1) is 53.6 Å². The number of fused-ring (bicyclic) bond motifs is 4. The van der Waals surface area contributed by atoms with E-state index < -0.39 is 0 Å². The second kappa shape index (κ2) is 14.9. The van der Waals surface area contributed by atoms with Crippen molar-refractivity contribution in [2.24, 2.45) is 0 Å². The van der Waals surface area contributed by atoms with Crippen molar-refractivity contribution in [1.82, 2.24) is 9.55 Å². The SMILES string of the molecule is CCC(C)(CC)c1cccc(N2[CH-]N(c3[c-]c(Oc4[c-]c5c(cc4)c4ccccc4n5-c4cc(C(C)(C)C)ccn4)cc(C(C)(C)C)c3)c3ccccc32)c1.[Pt]. The molecule has 2 aromatic heterocycles. The van der Waals surface area contributed by atoms with Crippen LogP contribution in [-0.2, 0) is 37.3 Å². The van der Waals surface area contributed by atoms with E-state index in [9.17, 15) is 0 Å². The quantitative estimate of drug-likeness (QED) is 0.142. The molecule has 1 aliphatic heterocycles. The second-order valence-corrected chi connectivity index (χ2v) is 17.2. The maximum Gasteiger partial charge on any atom is 0.135 e. The molecular weight excluding hydrogens is 868 g/mol. The minimum Gasteiger partial charge on any atom is -0.509 e. The molecule has 0 fully saturated rings. The number of para-hydroxylation sites is 3. The number of benzene rings is 5. The van der Waals surface area contributed by atoms with Crippen molar-refractivity contribution in [2.45, 2.75) is 91.4 Å². The zero-order valence-electron chi connectivity index (χ0n) is 34.0. The number of hydrogen-bond acceptors (Lipinski definition) is 4. The largest absolute Gasteiger partial charge is 0.509 e. The Kier molecular flexibility index (Phi) is 10.5. The van der Waals surface area contributed by atoms with E-state index >= 15 is 0 Å². The van der Waals surface area contributed by atoms with Gasteiger partial charge < -0.3 is 19.1 Å². The third-order valence-corrected chi connectivity index (χ3v) is 11.6. The van der Waals surface area contributed by atoms with Crippen LogP contribution in [0.1, 0.15) is 91.8 Å². The molecule has 0 unspecified atom stereocenters. The van der Waals surface area contributed by atoms with Crippen molar-refractivity contribution in [3.63, 3.8) is 0 Å². The van der Waals surface area contributed by atoms with Crippen LogP contribution in [0.4, 0.5) is 22.7 Å². The number of ether oxygens (including phenoxy) is 1. The average Bonchev–Trinajstić information content (AvgIpc) is 3.73. The number of aromatic nitrogens is 2. The summed E-state index contributed by atoms with van der Waals surface area (Å²) in [7, 11) is 0. The molecule has 6 heteroatoms. The molecular formula is C50H51N4OPt-3. The van der Waals surface area contributed by atoms with Gasteiger partial charge in [-0.05, 0) is 88.1 Å². The van der Waals surface area contributed by atoms with Crippen LogP contribution >= 0.6 is 0 Å². The standard InChI is InChI=1S/C50H51N4O.Pt/c1-10-50(9,11-2)35-17-16-18-37(27-35)52-33-53(45-22-15-14-21-44(45)52)38-28-36(49(6,7)8)29-40(31-38)55-39-23-24-42-41-19-12-13-20-43(41)54(46(42)32-39)47-30-34(25-26-51-47)48(3,4)5;/h12-30,33H,10-11H2,1-9H3;/q-3;. The van der Waals surface area contributed by atoms with Gasteiger partial charge in [0, 0.05) is 61.3 Å². The monoisotopic (exact) mass is 918 g/mol. The van der Waals surface area contributed by atoms with Crippen LogP contribution in [0.3, 0.4) is 0 Å². The first-order valence-corrected chi connectivity index (χ1v) is 19.6. The van der Waals surface area contributed by atoms with Crippen LogP contribution in [-0.4, -0.2) is 9.55 Å². The Morgan fingerprint density at radius 3 is 2.04 bits per heavy atom. The van der Waals surface area contributed by atoms with E-state index in [-0.39, 0.29) is 37.3 Å². The van der Waals surface area contributed by atoms with Crippen molar-refractivity contribution in [2.75, 3.05) is 9.80 Å². The molecule has 0 atom stereocenters. The average molecular weight is 919 g/mol. The third kappa shape index (κ3) is 7.16. The van der Waals surface area contributed by atoms with Gasteiger partial charge in [0.05, 0.1) is 0 Å². The van der Waals surface area contributed by atoms with Gasteiger partial charge in [0.1, 0.15) is 5.82 Å². The first kappa shape index (κ1) is 39.4. The van der Waals surface area contributed by atoms with E-state index in [1.165, 1.54) is 11.1 Å². The van der Waals surface area contributed by atoms with Crippen LogP contribution < -0.4 is 14.5 Å². The molecule has 0 bridgehead atoms. The third-order valence-electron chi connectivity index (χ3n) is 11.6. The van der Waals surface area contributed by atoms with Gasteiger partial charge in [0.15, 0.2) is 0 Å². The van der Waals surface area contributed by atoms with E-state index in [0.717, 1.165) is 68.8 Å². The van der Waals surface area contributed by atoms with E-state index in [0.29, 0.717) is 11.5 Å². The second-order valence-electron chi connectivity index (χ2n) is 17.2. The normalized spacial score (nSPS) is 13.3. The maximum atomic E-state index is 6.77. The molecule has 0 amide bonds. The number of anilines is 4. The Labute approximate surface area is 347 Å². The summed E-state index contributed by atoms with van der Waals surface area (Å²) in [6.07, 6.45) is 4.08. The Morgan fingerprint density at radius 2 is 1.32 bits per heavy atom. The predicted octanol–water partition coefficient (Wildman–Crippen LogP) is 13.7. The fourth-order valence-electron chi connectivity index (χ4n) is 7.64. The van der Waals surface area contributed by atoms with Crippen LogP contribution in [0.25, 0.3) is 27.6 Å². The fourth-order valence-corrected chi connectivity index (χ4v) is 7.64. The van der Waals surface area contributed by atoms with Gasteiger partial charge in [0.25, 0.3) is 0 Å². The first-order chi connectivity index (χ1) is 26.3. The Balaban J connectivity index is 0.00000480. The molecule has 5 aromatic carbocycles. The van der Waals surface area contributed by atoms with Gasteiger partial charge in [-0.3, -0.25) is 0 Å². The Hall–Kier alpha value is -4.86. The Bertz CT molecular complexity index is 2530. The molecule has 0 saturated carbocycles. The van der Waals surface area contributed by atoms with Crippen molar-refractivity contribution in [3.05, 3.63) is 151 Å². The summed E-state index contributed by atoms with van der Waals surface area (Å²) in [5.41, 5.74) is 10.0. The van der Waals surface area contributed by atoms with Crippen LogP contribution in [0.15, 0.2) is 115 Å². The predicted molar refractivity (Wildman–Crippen MR) is 230 cm³/mol. The molecule has 0 radical (unpaired) electrons. The van der Waals surface area contributed by atoms with E-state index in [1.54, 1.807) is 0 Å². The zero-order valence-corrected chi connectivity index (χ0v) is 36.2. The maximum absolute atomic E-state index is 6.77. The smallest absolute Gasteiger partial charge is 0.135 e. The van der Waals surface area contributed by atoms with Crippen LogP contribution in [0.2, 0.25) is 0 Å². The van der Waals surface area contributed by atoms with E-state index in [2.05, 4.69) is 199 Å². The molecule has 0 spiro atoms. The minimum absolute atomic E-state index is 0. The van der Waals surface area contributed by atoms with Gasteiger partial charge >= 0.3 is 0 Å². The molecule has 0 aliphatic carbocycles. The zero-order chi connectivity index (χ0) is 38.7. The van der Waals surface area contributed by atoms with Crippen molar-refractivity contribution in [1.29, 1.82) is 0 Å². The minimum atomic E-state index is -0.135. The van der Waals surface area contributed by atoms with Crippen LogP contribution in [0.5, 0.6) is 11.5 Å². The number of pyridine rings is 1. The summed E-state index contributed by atoms with van der Waals surface area (Å²) in [5, 5.41) is 2.25. The summed E-state index contributed by atoms with van der Waals surface area (Å²) in [6.45, 7) is 22.5. The van der Waals surface area contributed by atoms with Gasteiger partial charge in [-0.25, -0.2) is 4.98 Å². The van der Waals surface area contributed by atoms with Gasteiger partial charge in [-0.1, -0.05) is 110 Å². The van der Waals surface area contributed by atoms with Gasteiger partial charge in [0.2, 0.25) is 0 Å². The van der Waals surface area contributed by atoms with Crippen molar-refractivity contribution < 1.29 is 25.8 Å². The molecule has 0 N–H and O–H groups in total. The summed E-state index contributed by atoms with van der Waals surface area (Å²) in [4.78, 5) is 9.39. The van der Waals surface area contributed by atoms with E-state index in [4.69, 9.17) is 9.72 Å². The number of rotatable bonds is 8. The van der Waals surface area contributed by atoms with E-state index in [1.807, 2.05) is 12.3 Å². The molecule has 7 aromatic rings. The molecule has 8 rings (SSSR count). The topological polar surface area (TPSA) is 33.5 Å². The summed E-state index contributed by atoms with van der Waals surface area (Å²) < 4.78 is 8.97. The molecule has 290 valence electrons. The molecule has 0 saturated heterocycles. The Morgan fingerprint density at radius 1 is 0.625 bits per heavy atom. The summed E-state index contributed by atoms with van der Waals surface area (Å²) in [5.74, 6) is 2.13. The summed E-state index contributed by atoms with van der Waals surface area (Å²) in [6, 6.07) is 46.2. The summed E-state index contributed by atoms with van der Waals surface area (Å²) >= 11 is 0. The number of nitrogens with zero attached hydrogens (tertiary/aromatic N) is 4. The van der Waals surface area contributed by atoms with Gasteiger partial charge in [-0.2, -0.15) is 6.07 Å². The fraction of sp³-hybridized carbons (Fsp3) is 0.280. The van der Waals surface area contributed by atoms with Crippen LogP contribution in [0, 0.1) is 18.8 Å². The molecule has 3 heterocycles. The first-order valence-electron chi connectivity index (χ1n) is 19.6. The molecule has 56 heavy (non-hydrogen) atoms. The molecule has 5 nitrogen and oxygen atoms in total. The molecule has 1 aliphatic rings. The number of hydrogen-bond donors (Lipinski definition) is 0. The van der Waals surface area contributed by atoms with Crippen molar-refractivity contribution >= 4 is 44.6 Å². The van der Waals surface area contributed by atoms with Crippen molar-refractivity contribution in [3.8, 4) is 17.3 Å².